The van der Waals surface area contributed by atoms with Gasteiger partial charge in [0.25, 0.3) is 0 Å². The standard InChI is InChI=1S/C19H17ClN2O/c20-18-19(15-9-5-2-6-10-15)12-11-16(21-18)17(23)22(19)13-14-7-3-1-4-8-14/h1-10,16H,11-13H2. The van der Waals surface area contributed by atoms with Crippen molar-refractivity contribution >= 4 is 22.7 Å². The Balaban J connectivity index is 1.83. The van der Waals surface area contributed by atoms with Crippen LogP contribution in [0.2, 0.25) is 0 Å². The third-order valence-electron chi connectivity index (χ3n) is 4.84. The normalized spacial score (nSPS) is 26.3. The van der Waals surface area contributed by atoms with E-state index in [0.29, 0.717) is 11.7 Å². The number of nitrogens with zero attached hydrogens (tertiary/aromatic N) is 2. The van der Waals surface area contributed by atoms with Gasteiger partial charge in [-0.05, 0) is 24.0 Å². The minimum Gasteiger partial charge on any atom is -0.320 e. The molecule has 1 amide bonds. The number of benzene rings is 2. The van der Waals surface area contributed by atoms with E-state index in [9.17, 15) is 4.79 Å². The van der Waals surface area contributed by atoms with Gasteiger partial charge < -0.3 is 4.90 Å². The molecule has 0 spiro atoms. The molecule has 1 fully saturated rings. The summed E-state index contributed by atoms with van der Waals surface area (Å²) in [4.78, 5) is 19.3. The van der Waals surface area contributed by atoms with Gasteiger partial charge in [0.05, 0.1) is 0 Å². The van der Waals surface area contributed by atoms with E-state index in [1.807, 2.05) is 65.6 Å². The van der Waals surface area contributed by atoms with E-state index >= 15 is 0 Å². The summed E-state index contributed by atoms with van der Waals surface area (Å²) in [5.41, 5.74) is 1.52. The molecule has 116 valence electrons. The summed E-state index contributed by atoms with van der Waals surface area (Å²) in [5.74, 6) is 0.0772. The molecule has 0 N–H and O–H groups in total. The number of amides is 1. The molecule has 0 aliphatic carbocycles. The van der Waals surface area contributed by atoms with Crippen LogP contribution in [0.4, 0.5) is 0 Å². The van der Waals surface area contributed by atoms with E-state index in [1.165, 1.54) is 0 Å². The predicted octanol–water partition coefficient (Wildman–Crippen LogP) is 3.72. The van der Waals surface area contributed by atoms with Crippen molar-refractivity contribution < 1.29 is 4.79 Å². The summed E-state index contributed by atoms with van der Waals surface area (Å²) in [7, 11) is 0. The monoisotopic (exact) mass is 324 g/mol. The summed E-state index contributed by atoms with van der Waals surface area (Å²) < 4.78 is 0. The fraction of sp³-hybridized carbons (Fsp3) is 0.263. The molecule has 2 atom stereocenters. The van der Waals surface area contributed by atoms with Crippen LogP contribution in [0.25, 0.3) is 0 Å². The quantitative estimate of drug-likeness (QED) is 0.847. The first kappa shape index (κ1) is 14.5. The number of hydrogen-bond donors (Lipinski definition) is 0. The van der Waals surface area contributed by atoms with Crippen LogP contribution in [0.1, 0.15) is 24.0 Å². The van der Waals surface area contributed by atoms with Gasteiger partial charge in [-0.2, -0.15) is 0 Å². The van der Waals surface area contributed by atoms with Crippen molar-refractivity contribution in [3.05, 3.63) is 71.8 Å². The fourth-order valence-electron chi connectivity index (χ4n) is 3.66. The Labute approximate surface area is 140 Å². The molecule has 5 rings (SSSR count). The first-order valence-corrected chi connectivity index (χ1v) is 8.24. The van der Waals surface area contributed by atoms with Crippen LogP contribution in [0.3, 0.4) is 0 Å². The minimum atomic E-state index is -0.621. The predicted molar refractivity (Wildman–Crippen MR) is 91.4 cm³/mol. The van der Waals surface area contributed by atoms with Gasteiger partial charge in [-0.1, -0.05) is 72.3 Å². The highest BCUT2D eigenvalue weighted by molar-refractivity contribution is 6.68. The molecule has 2 unspecified atom stereocenters. The molecule has 2 aromatic carbocycles. The van der Waals surface area contributed by atoms with Gasteiger partial charge in [-0.3, -0.25) is 9.79 Å². The largest absolute Gasteiger partial charge is 0.320 e. The Morgan fingerprint density at radius 2 is 1.74 bits per heavy atom. The lowest BCUT2D eigenvalue weighted by Crippen LogP contribution is -2.62. The van der Waals surface area contributed by atoms with Gasteiger partial charge in [0.2, 0.25) is 5.91 Å². The molecular formula is C19H17ClN2O. The Hall–Kier alpha value is -2.13. The van der Waals surface area contributed by atoms with Gasteiger partial charge in [0.15, 0.2) is 0 Å². The van der Waals surface area contributed by atoms with Crippen LogP contribution in [-0.2, 0) is 16.9 Å². The lowest BCUT2D eigenvalue weighted by atomic mass is 9.76. The number of hydrogen-bond acceptors (Lipinski definition) is 2. The Bertz CT molecular complexity index is 759. The zero-order chi connectivity index (χ0) is 15.9. The van der Waals surface area contributed by atoms with Gasteiger partial charge in [0, 0.05) is 6.54 Å². The number of halogens is 1. The van der Waals surface area contributed by atoms with E-state index in [4.69, 9.17) is 11.6 Å². The second-order valence-electron chi connectivity index (χ2n) is 6.11. The van der Waals surface area contributed by atoms with Crippen molar-refractivity contribution in [2.75, 3.05) is 0 Å². The SMILES string of the molecule is O=C1C2CCC(c3ccccc3)(C(Cl)=N2)N1Cc1ccccc1. The van der Waals surface area contributed by atoms with Crippen molar-refractivity contribution in [1.29, 1.82) is 0 Å². The Kier molecular flexibility index (Phi) is 3.46. The number of fused-ring (bicyclic) bond motifs is 2. The first-order chi connectivity index (χ1) is 11.2. The number of piperidine rings is 1. The molecule has 2 bridgehead atoms. The second kappa shape index (κ2) is 5.50. The highest BCUT2D eigenvalue weighted by Gasteiger charge is 2.54. The van der Waals surface area contributed by atoms with Gasteiger partial charge in [-0.25, -0.2) is 0 Å². The summed E-state index contributed by atoms with van der Waals surface area (Å²) in [6, 6.07) is 19.7. The molecule has 4 heteroatoms. The summed E-state index contributed by atoms with van der Waals surface area (Å²) in [6.07, 6.45) is 1.58. The number of aliphatic imine (C=N–C) groups is 1. The summed E-state index contributed by atoms with van der Waals surface area (Å²) in [5, 5.41) is 0.537. The molecule has 0 radical (unpaired) electrons. The Morgan fingerprint density at radius 3 is 2.39 bits per heavy atom. The van der Waals surface area contributed by atoms with E-state index in [2.05, 4.69) is 4.99 Å². The summed E-state index contributed by atoms with van der Waals surface area (Å²) >= 11 is 6.59. The van der Waals surface area contributed by atoms with Crippen LogP contribution >= 0.6 is 11.6 Å². The van der Waals surface area contributed by atoms with E-state index in [1.54, 1.807) is 0 Å². The van der Waals surface area contributed by atoms with Crippen molar-refractivity contribution in [3.63, 3.8) is 0 Å². The maximum atomic E-state index is 12.9. The maximum Gasteiger partial charge on any atom is 0.248 e. The fourth-order valence-corrected chi connectivity index (χ4v) is 4.09. The number of carbonyl (C=O) groups is 1. The minimum absolute atomic E-state index is 0.0772. The van der Waals surface area contributed by atoms with Crippen LogP contribution in [-0.4, -0.2) is 22.0 Å². The van der Waals surface area contributed by atoms with E-state index in [-0.39, 0.29) is 11.9 Å². The molecule has 23 heavy (non-hydrogen) atoms. The van der Waals surface area contributed by atoms with Crippen molar-refractivity contribution in [1.82, 2.24) is 4.90 Å². The molecule has 3 aliphatic heterocycles. The zero-order valence-electron chi connectivity index (χ0n) is 12.7. The van der Waals surface area contributed by atoms with Crippen molar-refractivity contribution in [2.24, 2.45) is 4.99 Å². The highest BCUT2D eigenvalue weighted by atomic mass is 35.5. The van der Waals surface area contributed by atoms with Gasteiger partial charge >= 0.3 is 0 Å². The number of carbonyl (C=O) groups excluding carboxylic acids is 1. The first-order valence-electron chi connectivity index (χ1n) is 7.86. The maximum absolute atomic E-state index is 12.9. The third kappa shape index (κ3) is 2.19. The zero-order valence-corrected chi connectivity index (χ0v) is 13.4. The second-order valence-corrected chi connectivity index (χ2v) is 6.47. The van der Waals surface area contributed by atoms with E-state index in [0.717, 1.165) is 24.0 Å². The molecule has 3 nitrogen and oxygen atoms in total. The third-order valence-corrected chi connectivity index (χ3v) is 5.25. The highest BCUT2D eigenvalue weighted by Crippen LogP contribution is 2.46. The topological polar surface area (TPSA) is 32.7 Å². The smallest absolute Gasteiger partial charge is 0.248 e. The van der Waals surface area contributed by atoms with Crippen molar-refractivity contribution in [2.45, 2.75) is 31.0 Å². The molecular weight excluding hydrogens is 308 g/mol. The average molecular weight is 325 g/mol. The van der Waals surface area contributed by atoms with Crippen LogP contribution in [0.15, 0.2) is 65.7 Å². The van der Waals surface area contributed by atoms with Gasteiger partial charge in [-0.15, -0.1) is 0 Å². The lowest BCUT2D eigenvalue weighted by molar-refractivity contribution is -0.143. The lowest BCUT2D eigenvalue weighted by Gasteiger charge is -2.51. The molecule has 0 saturated carbocycles. The van der Waals surface area contributed by atoms with Crippen molar-refractivity contribution in [3.8, 4) is 0 Å². The molecule has 3 aliphatic rings. The number of rotatable bonds is 3. The van der Waals surface area contributed by atoms with Gasteiger partial charge in [0.1, 0.15) is 16.8 Å². The average Bonchev–Trinajstić information content (AvgIpc) is 2.60. The molecule has 3 heterocycles. The van der Waals surface area contributed by atoms with Crippen LogP contribution in [0.5, 0.6) is 0 Å². The molecule has 0 aromatic heterocycles. The van der Waals surface area contributed by atoms with E-state index < -0.39 is 5.54 Å². The molecule has 1 saturated heterocycles. The van der Waals surface area contributed by atoms with Crippen LogP contribution < -0.4 is 0 Å². The Morgan fingerprint density at radius 1 is 1.09 bits per heavy atom. The van der Waals surface area contributed by atoms with Crippen LogP contribution in [0, 0.1) is 0 Å². The molecule has 2 aromatic rings. The summed E-state index contributed by atoms with van der Waals surface area (Å²) in [6.45, 7) is 0.552.